The minimum Gasteiger partial charge on any atom is -0.495 e. The largest absolute Gasteiger partial charge is 0.495 e. The molecule has 5 nitrogen and oxygen atoms in total. The number of ether oxygens (including phenoxy) is 1. The molecule has 2 amide bonds. The Bertz CT molecular complexity index is 1080. The number of rotatable bonds is 7. The van der Waals surface area contributed by atoms with E-state index >= 15 is 0 Å². The molecule has 0 radical (unpaired) electrons. The first-order chi connectivity index (χ1) is 14.9. The number of carbonyl (C=O) groups is 2. The average molecular weight is 435 g/mol. The maximum atomic E-state index is 12.6. The van der Waals surface area contributed by atoms with E-state index in [-0.39, 0.29) is 17.1 Å². The zero-order chi connectivity index (χ0) is 22.4. The molecular formula is C25H26N2O3S. The number of anilines is 2. The number of para-hydroxylation sites is 2. The van der Waals surface area contributed by atoms with Crippen molar-refractivity contribution in [3.05, 3.63) is 83.4 Å². The molecular weight excluding hydrogens is 408 g/mol. The zero-order valence-electron chi connectivity index (χ0n) is 18.1. The van der Waals surface area contributed by atoms with Gasteiger partial charge in [0.1, 0.15) is 5.75 Å². The summed E-state index contributed by atoms with van der Waals surface area (Å²) >= 11 is 1.53. The Hall–Kier alpha value is -3.25. The molecule has 0 heterocycles. The first kappa shape index (κ1) is 22.4. The molecule has 1 unspecified atom stereocenters. The van der Waals surface area contributed by atoms with Crippen molar-refractivity contribution in [1.29, 1.82) is 0 Å². The molecule has 0 saturated carbocycles. The summed E-state index contributed by atoms with van der Waals surface area (Å²) in [5.74, 6) is 0.257. The van der Waals surface area contributed by atoms with Gasteiger partial charge in [-0.15, -0.1) is 11.8 Å². The average Bonchev–Trinajstić information content (AvgIpc) is 2.76. The second kappa shape index (κ2) is 10.2. The summed E-state index contributed by atoms with van der Waals surface area (Å²) in [4.78, 5) is 26.2. The van der Waals surface area contributed by atoms with Crippen molar-refractivity contribution >= 4 is 35.0 Å². The predicted octanol–water partition coefficient (Wildman–Crippen LogP) is 5.68. The second-order valence-electron chi connectivity index (χ2n) is 7.25. The molecule has 3 aromatic carbocycles. The first-order valence-corrected chi connectivity index (χ1v) is 10.8. The minimum atomic E-state index is -0.255. The molecule has 160 valence electrons. The number of methoxy groups -OCH3 is 1. The Balaban J connectivity index is 1.60. The molecule has 3 rings (SSSR count). The fourth-order valence-corrected chi connectivity index (χ4v) is 4.01. The van der Waals surface area contributed by atoms with Crippen molar-refractivity contribution in [2.24, 2.45) is 0 Å². The highest BCUT2D eigenvalue weighted by Gasteiger charge is 2.16. The monoisotopic (exact) mass is 434 g/mol. The normalized spacial score (nSPS) is 11.5. The number of thioether (sulfide) groups is 1. The van der Waals surface area contributed by atoms with E-state index < -0.39 is 0 Å². The second-order valence-corrected chi connectivity index (χ2v) is 8.63. The van der Waals surface area contributed by atoms with Gasteiger partial charge in [0, 0.05) is 16.1 Å². The molecule has 0 saturated heterocycles. The van der Waals surface area contributed by atoms with Gasteiger partial charge in [0.15, 0.2) is 0 Å². The molecule has 2 N–H and O–H groups in total. The number of hydrogen-bond donors (Lipinski definition) is 2. The third kappa shape index (κ3) is 5.89. The Morgan fingerprint density at radius 3 is 2.32 bits per heavy atom. The van der Waals surface area contributed by atoms with Crippen molar-refractivity contribution in [2.45, 2.75) is 30.9 Å². The summed E-state index contributed by atoms with van der Waals surface area (Å²) in [5, 5.41) is 5.50. The fraction of sp³-hybridized carbons (Fsp3) is 0.200. The molecule has 0 fully saturated rings. The van der Waals surface area contributed by atoms with Gasteiger partial charge in [0.2, 0.25) is 5.91 Å². The van der Waals surface area contributed by atoms with Crippen LogP contribution in [-0.2, 0) is 4.79 Å². The van der Waals surface area contributed by atoms with E-state index in [0.29, 0.717) is 22.7 Å². The third-order valence-electron chi connectivity index (χ3n) is 4.77. The molecule has 1 atom stereocenters. The Morgan fingerprint density at radius 2 is 1.65 bits per heavy atom. The van der Waals surface area contributed by atoms with Crippen molar-refractivity contribution in [2.75, 3.05) is 17.7 Å². The van der Waals surface area contributed by atoms with Crippen LogP contribution in [0.5, 0.6) is 5.75 Å². The van der Waals surface area contributed by atoms with Crippen LogP contribution in [-0.4, -0.2) is 24.2 Å². The highest BCUT2D eigenvalue weighted by molar-refractivity contribution is 8.00. The van der Waals surface area contributed by atoms with Crippen LogP contribution in [0.15, 0.2) is 71.6 Å². The standard InChI is InChI=1S/C25H26N2O3S/c1-16-9-14-23(17(2)15-16)31-18(3)24(28)26-20-12-10-19(11-13-20)25(29)27-21-7-5-6-8-22(21)30-4/h5-15,18H,1-4H3,(H,26,28)(H,27,29). The number of aryl methyl sites for hydroxylation is 2. The van der Waals surface area contributed by atoms with E-state index in [1.165, 1.54) is 17.3 Å². The van der Waals surface area contributed by atoms with Gasteiger partial charge >= 0.3 is 0 Å². The van der Waals surface area contributed by atoms with Gasteiger partial charge in [-0.05, 0) is 68.8 Å². The Labute approximate surface area is 187 Å². The fourth-order valence-electron chi connectivity index (χ4n) is 3.07. The first-order valence-electron chi connectivity index (χ1n) is 9.96. The summed E-state index contributed by atoms with van der Waals surface area (Å²) in [6.07, 6.45) is 0. The van der Waals surface area contributed by atoms with Crippen molar-refractivity contribution < 1.29 is 14.3 Å². The smallest absolute Gasteiger partial charge is 0.255 e. The molecule has 6 heteroatoms. The van der Waals surface area contributed by atoms with Crippen LogP contribution in [0.4, 0.5) is 11.4 Å². The highest BCUT2D eigenvalue weighted by Crippen LogP contribution is 2.28. The van der Waals surface area contributed by atoms with Crippen molar-refractivity contribution in [1.82, 2.24) is 0 Å². The number of amides is 2. The summed E-state index contributed by atoms with van der Waals surface area (Å²) in [6, 6.07) is 20.3. The molecule has 0 aliphatic heterocycles. The zero-order valence-corrected chi connectivity index (χ0v) is 18.9. The van der Waals surface area contributed by atoms with Gasteiger partial charge in [-0.25, -0.2) is 0 Å². The maximum absolute atomic E-state index is 12.6. The number of hydrogen-bond acceptors (Lipinski definition) is 4. The van der Waals surface area contributed by atoms with Gasteiger partial charge in [-0.2, -0.15) is 0 Å². The lowest BCUT2D eigenvalue weighted by Gasteiger charge is -2.14. The topological polar surface area (TPSA) is 67.4 Å². The van der Waals surface area contributed by atoms with Crippen molar-refractivity contribution in [3.8, 4) is 5.75 Å². The van der Waals surface area contributed by atoms with Gasteiger partial charge < -0.3 is 15.4 Å². The molecule has 0 aliphatic rings. The number of nitrogens with one attached hydrogen (secondary N) is 2. The summed E-state index contributed by atoms with van der Waals surface area (Å²) < 4.78 is 5.26. The lowest BCUT2D eigenvalue weighted by Crippen LogP contribution is -2.22. The number of carbonyl (C=O) groups excluding carboxylic acids is 2. The molecule has 31 heavy (non-hydrogen) atoms. The van der Waals surface area contributed by atoms with Crippen LogP contribution in [0, 0.1) is 13.8 Å². The lowest BCUT2D eigenvalue weighted by atomic mass is 10.2. The molecule has 0 bridgehead atoms. The van der Waals surface area contributed by atoms with Gasteiger partial charge in [-0.3, -0.25) is 9.59 Å². The lowest BCUT2D eigenvalue weighted by molar-refractivity contribution is -0.115. The highest BCUT2D eigenvalue weighted by atomic mass is 32.2. The Morgan fingerprint density at radius 1 is 0.935 bits per heavy atom. The molecule has 0 aliphatic carbocycles. The van der Waals surface area contributed by atoms with Crippen LogP contribution >= 0.6 is 11.8 Å². The summed E-state index contributed by atoms with van der Waals surface area (Å²) in [6.45, 7) is 5.99. The van der Waals surface area contributed by atoms with E-state index in [1.807, 2.05) is 25.1 Å². The van der Waals surface area contributed by atoms with E-state index in [1.54, 1.807) is 43.5 Å². The van der Waals surface area contributed by atoms with Crippen molar-refractivity contribution in [3.63, 3.8) is 0 Å². The Kier molecular flexibility index (Phi) is 7.36. The maximum Gasteiger partial charge on any atom is 0.255 e. The SMILES string of the molecule is COc1ccccc1NC(=O)c1ccc(NC(=O)C(C)Sc2ccc(C)cc2C)cc1. The van der Waals surface area contributed by atoms with E-state index in [2.05, 4.69) is 36.6 Å². The third-order valence-corrected chi connectivity index (χ3v) is 6.05. The van der Waals surface area contributed by atoms with Gasteiger partial charge in [-0.1, -0.05) is 29.8 Å². The molecule has 3 aromatic rings. The molecule has 0 aromatic heterocycles. The van der Waals surface area contributed by atoms with Crippen LogP contribution in [0.25, 0.3) is 0 Å². The predicted molar refractivity (Wildman–Crippen MR) is 127 cm³/mol. The molecule has 0 spiro atoms. The van der Waals surface area contributed by atoms with Crippen LogP contribution < -0.4 is 15.4 Å². The van der Waals surface area contributed by atoms with Crippen LogP contribution in [0.1, 0.15) is 28.4 Å². The summed E-state index contributed by atoms with van der Waals surface area (Å²) in [5.41, 5.74) is 4.10. The number of benzene rings is 3. The van der Waals surface area contributed by atoms with E-state index in [4.69, 9.17) is 4.74 Å². The van der Waals surface area contributed by atoms with Gasteiger partial charge in [0.05, 0.1) is 18.0 Å². The minimum absolute atomic E-state index is 0.0869. The van der Waals surface area contributed by atoms with Gasteiger partial charge in [0.25, 0.3) is 5.91 Å². The summed E-state index contributed by atoms with van der Waals surface area (Å²) in [7, 11) is 1.56. The van der Waals surface area contributed by atoms with Crippen LogP contribution in [0.2, 0.25) is 0 Å². The van der Waals surface area contributed by atoms with E-state index in [0.717, 1.165) is 10.5 Å². The van der Waals surface area contributed by atoms with E-state index in [9.17, 15) is 9.59 Å². The quantitative estimate of drug-likeness (QED) is 0.469. The van der Waals surface area contributed by atoms with Crippen LogP contribution in [0.3, 0.4) is 0 Å².